The molecule has 0 spiro atoms. The van der Waals surface area contributed by atoms with E-state index < -0.39 is 0 Å². The Bertz CT molecular complexity index is 601. The van der Waals surface area contributed by atoms with E-state index in [1.54, 1.807) is 12.1 Å². The van der Waals surface area contributed by atoms with Crippen molar-refractivity contribution in [3.8, 4) is 11.5 Å². The molecule has 1 unspecified atom stereocenters. The first-order valence-corrected chi connectivity index (χ1v) is 6.39. The summed E-state index contributed by atoms with van der Waals surface area (Å²) in [4.78, 5) is 0. The zero-order valence-electron chi connectivity index (χ0n) is 10.8. The second-order valence-electron chi connectivity index (χ2n) is 4.55. The van der Waals surface area contributed by atoms with Gasteiger partial charge in [-0.3, -0.25) is 5.84 Å². The summed E-state index contributed by atoms with van der Waals surface area (Å²) in [5.74, 6) is 6.80. The number of rotatable bonds is 3. The molecule has 3 rings (SSSR count). The van der Waals surface area contributed by atoms with Crippen LogP contribution in [0, 0.1) is 5.82 Å². The molecule has 2 aromatic carbocycles. The molecule has 1 aliphatic heterocycles. The number of hydrazine groups is 1. The van der Waals surface area contributed by atoms with Crippen molar-refractivity contribution in [2.24, 2.45) is 5.84 Å². The van der Waals surface area contributed by atoms with Crippen molar-refractivity contribution >= 4 is 0 Å². The van der Waals surface area contributed by atoms with Gasteiger partial charge in [-0.25, -0.2) is 9.82 Å². The predicted octanol–water partition coefficient (Wildman–Crippen LogP) is 2.15. The second-order valence-corrected chi connectivity index (χ2v) is 4.55. The van der Waals surface area contributed by atoms with Crippen LogP contribution in [0.25, 0.3) is 0 Å². The fourth-order valence-corrected chi connectivity index (χ4v) is 2.28. The van der Waals surface area contributed by atoms with Crippen LogP contribution in [0.1, 0.15) is 17.2 Å². The second kappa shape index (κ2) is 5.48. The molecular formula is C15H15FN2O2. The quantitative estimate of drug-likeness (QED) is 0.665. The Labute approximate surface area is 116 Å². The fraction of sp³-hybridized carbons (Fsp3) is 0.200. The Morgan fingerprint density at radius 1 is 0.950 bits per heavy atom. The van der Waals surface area contributed by atoms with E-state index in [9.17, 15) is 4.39 Å². The van der Waals surface area contributed by atoms with Gasteiger partial charge in [0.2, 0.25) is 0 Å². The van der Waals surface area contributed by atoms with Crippen LogP contribution in [0.15, 0.2) is 42.5 Å². The zero-order chi connectivity index (χ0) is 13.9. The summed E-state index contributed by atoms with van der Waals surface area (Å²) in [6, 6.07) is 11.7. The van der Waals surface area contributed by atoms with Gasteiger partial charge in [-0.2, -0.15) is 0 Å². The van der Waals surface area contributed by atoms with Crippen molar-refractivity contribution < 1.29 is 13.9 Å². The lowest BCUT2D eigenvalue weighted by atomic mass is 9.99. The van der Waals surface area contributed by atoms with E-state index in [1.807, 2.05) is 18.2 Å². The van der Waals surface area contributed by atoms with Gasteiger partial charge in [-0.1, -0.05) is 18.2 Å². The average Bonchev–Trinajstić information content (AvgIpc) is 2.50. The molecular weight excluding hydrogens is 259 g/mol. The zero-order valence-corrected chi connectivity index (χ0v) is 10.8. The van der Waals surface area contributed by atoms with Crippen LogP contribution < -0.4 is 20.7 Å². The fourth-order valence-electron chi connectivity index (χ4n) is 2.28. The summed E-state index contributed by atoms with van der Waals surface area (Å²) in [5.41, 5.74) is 4.56. The minimum atomic E-state index is -0.272. The van der Waals surface area contributed by atoms with Crippen LogP contribution in [-0.4, -0.2) is 13.2 Å². The summed E-state index contributed by atoms with van der Waals surface area (Å²) in [6.45, 7) is 1.09. The van der Waals surface area contributed by atoms with Gasteiger partial charge in [-0.05, 0) is 35.4 Å². The first-order chi connectivity index (χ1) is 9.78. The summed E-state index contributed by atoms with van der Waals surface area (Å²) in [7, 11) is 0. The SMILES string of the molecule is NNC(c1ccc(F)cc1)c1ccc2c(c1)OCCO2. The predicted molar refractivity (Wildman–Crippen MR) is 73.0 cm³/mol. The standard InChI is InChI=1S/C15H15FN2O2/c16-12-4-1-10(2-5-12)15(18-17)11-3-6-13-14(9-11)20-8-7-19-13/h1-6,9,15,18H,7-8,17H2. The topological polar surface area (TPSA) is 56.5 Å². The molecule has 1 heterocycles. The van der Waals surface area contributed by atoms with Gasteiger partial charge < -0.3 is 9.47 Å². The average molecular weight is 274 g/mol. The Kier molecular flexibility index (Phi) is 3.54. The first-order valence-electron chi connectivity index (χ1n) is 6.39. The Balaban J connectivity index is 1.94. The molecule has 20 heavy (non-hydrogen) atoms. The normalized spacial score (nSPS) is 14.9. The van der Waals surface area contributed by atoms with Crippen molar-refractivity contribution in [2.45, 2.75) is 6.04 Å². The summed E-state index contributed by atoms with van der Waals surface area (Å²) < 4.78 is 24.0. The number of ether oxygens (including phenoxy) is 2. The molecule has 0 radical (unpaired) electrons. The number of hydrogen-bond donors (Lipinski definition) is 2. The van der Waals surface area contributed by atoms with Crippen molar-refractivity contribution in [3.63, 3.8) is 0 Å². The molecule has 0 amide bonds. The third-order valence-electron chi connectivity index (χ3n) is 3.27. The maximum atomic E-state index is 13.0. The van der Waals surface area contributed by atoms with Crippen molar-refractivity contribution in [2.75, 3.05) is 13.2 Å². The van der Waals surface area contributed by atoms with Crippen LogP contribution in [0.4, 0.5) is 4.39 Å². The maximum Gasteiger partial charge on any atom is 0.161 e. The molecule has 0 fully saturated rings. The number of halogens is 1. The lowest BCUT2D eigenvalue weighted by Crippen LogP contribution is -2.29. The number of benzene rings is 2. The molecule has 5 heteroatoms. The number of fused-ring (bicyclic) bond motifs is 1. The molecule has 4 nitrogen and oxygen atoms in total. The van der Waals surface area contributed by atoms with Gasteiger partial charge in [-0.15, -0.1) is 0 Å². The maximum absolute atomic E-state index is 13.0. The highest BCUT2D eigenvalue weighted by atomic mass is 19.1. The third-order valence-corrected chi connectivity index (χ3v) is 3.27. The van der Waals surface area contributed by atoms with E-state index in [0.717, 1.165) is 16.9 Å². The van der Waals surface area contributed by atoms with Gasteiger partial charge in [0.05, 0.1) is 6.04 Å². The lowest BCUT2D eigenvalue weighted by Gasteiger charge is -2.22. The van der Waals surface area contributed by atoms with E-state index in [4.69, 9.17) is 15.3 Å². The molecule has 1 atom stereocenters. The number of nitrogens with two attached hydrogens (primary N) is 1. The van der Waals surface area contributed by atoms with Crippen LogP contribution >= 0.6 is 0 Å². The number of nitrogens with one attached hydrogen (secondary N) is 1. The molecule has 0 saturated heterocycles. The van der Waals surface area contributed by atoms with Gasteiger partial charge in [0.1, 0.15) is 19.0 Å². The molecule has 0 saturated carbocycles. The summed E-state index contributed by atoms with van der Waals surface area (Å²) in [6.07, 6.45) is 0. The Morgan fingerprint density at radius 3 is 2.30 bits per heavy atom. The highest BCUT2D eigenvalue weighted by Gasteiger charge is 2.17. The summed E-state index contributed by atoms with van der Waals surface area (Å²) in [5, 5.41) is 0. The van der Waals surface area contributed by atoms with Gasteiger partial charge in [0.25, 0.3) is 0 Å². The van der Waals surface area contributed by atoms with Gasteiger partial charge >= 0.3 is 0 Å². The van der Waals surface area contributed by atoms with Crippen LogP contribution in [0.2, 0.25) is 0 Å². The monoisotopic (exact) mass is 274 g/mol. The number of hydrogen-bond acceptors (Lipinski definition) is 4. The molecule has 0 aromatic heterocycles. The molecule has 0 bridgehead atoms. The molecule has 1 aliphatic rings. The van der Waals surface area contributed by atoms with E-state index in [-0.39, 0.29) is 11.9 Å². The molecule has 3 N–H and O–H groups in total. The smallest absolute Gasteiger partial charge is 0.161 e. The van der Waals surface area contributed by atoms with Crippen LogP contribution in [0.5, 0.6) is 11.5 Å². The minimum Gasteiger partial charge on any atom is -0.486 e. The highest BCUT2D eigenvalue weighted by Crippen LogP contribution is 2.34. The minimum absolute atomic E-state index is 0.230. The lowest BCUT2D eigenvalue weighted by molar-refractivity contribution is 0.171. The Morgan fingerprint density at radius 2 is 1.60 bits per heavy atom. The van der Waals surface area contributed by atoms with Crippen LogP contribution in [0.3, 0.4) is 0 Å². The van der Waals surface area contributed by atoms with E-state index in [2.05, 4.69) is 5.43 Å². The van der Waals surface area contributed by atoms with Crippen molar-refractivity contribution in [1.29, 1.82) is 0 Å². The van der Waals surface area contributed by atoms with Crippen molar-refractivity contribution in [1.82, 2.24) is 5.43 Å². The summed E-state index contributed by atoms with van der Waals surface area (Å²) >= 11 is 0. The molecule has 2 aromatic rings. The highest BCUT2D eigenvalue weighted by molar-refractivity contribution is 5.46. The molecule has 0 aliphatic carbocycles. The van der Waals surface area contributed by atoms with E-state index in [0.29, 0.717) is 19.0 Å². The van der Waals surface area contributed by atoms with E-state index in [1.165, 1.54) is 12.1 Å². The van der Waals surface area contributed by atoms with Crippen LogP contribution in [-0.2, 0) is 0 Å². The van der Waals surface area contributed by atoms with E-state index >= 15 is 0 Å². The Hall–Kier alpha value is -2.11. The van der Waals surface area contributed by atoms with Crippen molar-refractivity contribution in [3.05, 3.63) is 59.4 Å². The van der Waals surface area contributed by atoms with Gasteiger partial charge in [0, 0.05) is 0 Å². The largest absolute Gasteiger partial charge is 0.486 e. The first kappa shape index (κ1) is 12.9. The third kappa shape index (κ3) is 2.45. The molecule has 104 valence electrons. The van der Waals surface area contributed by atoms with Gasteiger partial charge in [0.15, 0.2) is 11.5 Å².